The Morgan fingerprint density at radius 3 is 2.50 bits per heavy atom. The molecule has 0 N–H and O–H groups in total. The Kier molecular flexibility index (Phi) is 6.38. The Morgan fingerprint density at radius 1 is 1.12 bits per heavy atom. The molecule has 0 aromatic heterocycles. The molecule has 0 heterocycles. The Bertz CT molecular complexity index is 810. The number of nitrogens with zero attached hydrogens (tertiary/aromatic N) is 1. The molecular formula is C19H18F3NO3. The molecule has 2 aromatic rings. The predicted molar refractivity (Wildman–Crippen MR) is 92.3 cm³/mol. The van der Waals surface area contributed by atoms with Gasteiger partial charge in [-0.05, 0) is 29.3 Å². The summed E-state index contributed by atoms with van der Waals surface area (Å²) in [5.74, 6) is -1.80. The van der Waals surface area contributed by atoms with E-state index in [0.29, 0.717) is 10.5 Å². The first kappa shape index (κ1) is 19.5. The average molecular weight is 365 g/mol. The van der Waals surface area contributed by atoms with E-state index in [1.165, 1.54) is 13.0 Å². The van der Waals surface area contributed by atoms with Crippen LogP contribution in [-0.4, -0.2) is 42.6 Å². The van der Waals surface area contributed by atoms with Crippen LogP contribution in [0.5, 0.6) is 0 Å². The van der Waals surface area contributed by atoms with Crippen molar-refractivity contribution in [2.75, 3.05) is 19.7 Å². The summed E-state index contributed by atoms with van der Waals surface area (Å²) in [6.45, 7) is -0.719. The van der Waals surface area contributed by atoms with Crippen LogP contribution >= 0.6 is 0 Å². The highest BCUT2D eigenvalue weighted by Crippen LogP contribution is 2.20. The number of hydrogen-bond acceptors (Lipinski definition) is 3. The van der Waals surface area contributed by atoms with Crippen LogP contribution in [0.1, 0.15) is 12.5 Å². The molecule has 138 valence electrons. The summed E-state index contributed by atoms with van der Waals surface area (Å²) in [7, 11) is 0. The van der Waals surface area contributed by atoms with E-state index in [-0.39, 0.29) is 6.61 Å². The number of hydrogen-bond donors (Lipinski definition) is 0. The van der Waals surface area contributed by atoms with Gasteiger partial charge in [0, 0.05) is 6.08 Å². The third-order valence-electron chi connectivity index (χ3n) is 3.54. The first-order valence-corrected chi connectivity index (χ1v) is 7.97. The van der Waals surface area contributed by atoms with Crippen LogP contribution in [0.15, 0.2) is 48.5 Å². The molecule has 0 unspecified atom stereocenters. The highest BCUT2D eigenvalue weighted by molar-refractivity contribution is 5.97. The molecule has 4 nitrogen and oxygen atoms in total. The molecule has 0 bridgehead atoms. The summed E-state index contributed by atoms with van der Waals surface area (Å²) in [5.41, 5.74) is 0.694. The molecule has 0 fully saturated rings. The van der Waals surface area contributed by atoms with E-state index < -0.39 is 31.1 Å². The zero-order valence-electron chi connectivity index (χ0n) is 14.1. The first-order chi connectivity index (χ1) is 12.3. The van der Waals surface area contributed by atoms with Gasteiger partial charge in [0.15, 0.2) is 0 Å². The minimum atomic E-state index is -4.62. The number of alkyl halides is 3. The summed E-state index contributed by atoms with van der Waals surface area (Å²) >= 11 is 0. The van der Waals surface area contributed by atoms with Gasteiger partial charge in [-0.15, -0.1) is 0 Å². The molecule has 0 atom stereocenters. The number of benzene rings is 2. The van der Waals surface area contributed by atoms with Crippen molar-refractivity contribution in [3.8, 4) is 0 Å². The van der Waals surface area contributed by atoms with Gasteiger partial charge >= 0.3 is 12.1 Å². The number of amides is 1. The molecule has 0 aliphatic carbocycles. The van der Waals surface area contributed by atoms with Crippen molar-refractivity contribution >= 4 is 28.7 Å². The highest BCUT2D eigenvalue weighted by atomic mass is 19.4. The zero-order chi connectivity index (χ0) is 19.2. The van der Waals surface area contributed by atoms with E-state index in [9.17, 15) is 22.8 Å². The largest absolute Gasteiger partial charge is 0.465 e. The van der Waals surface area contributed by atoms with E-state index in [1.54, 1.807) is 12.1 Å². The summed E-state index contributed by atoms with van der Waals surface area (Å²) in [5, 5.41) is 1.81. The fourth-order valence-electron chi connectivity index (χ4n) is 2.45. The number of carbonyl (C=O) groups excluding carboxylic acids is 2. The fourth-order valence-corrected chi connectivity index (χ4v) is 2.45. The fraction of sp³-hybridized carbons (Fsp3) is 0.263. The van der Waals surface area contributed by atoms with Crippen LogP contribution in [0.25, 0.3) is 16.8 Å². The monoisotopic (exact) mass is 365 g/mol. The molecule has 0 aliphatic rings. The lowest BCUT2D eigenvalue weighted by atomic mass is 10.0. The number of esters is 1. The second kappa shape index (κ2) is 8.51. The lowest BCUT2D eigenvalue weighted by Gasteiger charge is -2.21. The van der Waals surface area contributed by atoms with Crippen molar-refractivity contribution < 1.29 is 27.5 Å². The van der Waals surface area contributed by atoms with Gasteiger partial charge in [0.05, 0.1) is 6.61 Å². The lowest BCUT2D eigenvalue weighted by Crippen LogP contribution is -2.41. The number of carbonyl (C=O) groups is 2. The Hall–Kier alpha value is -2.83. The summed E-state index contributed by atoms with van der Waals surface area (Å²) in [6, 6.07) is 12.9. The second-order valence-corrected chi connectivity index (χ2v) is 5.52. The van der Waals surface area contributed by atoms with E-state index in [0.717, 1.165) is 16.8 Å². The van der Waals surface area contributed by atoms with E-state index in [1.807, 2.05) is 30.3 Å². The molecule has 0 radical (unpaired) electrons. The molecule has 2 rings (SSSR count). The van der Waals surface area contributed by atoms with Crippen LogP contribution < -0.4 is 0 Å². The van der Waals surface area contributed by atoms with Crippen LogP contribution in [-0.2, 0) is 14.3 Å². The van der Waals surface area contributed by atoms with Crippen molar-refractivity contribution in [3.63, 3.8) is 0 Å². The smallest absolute Gasteiger partial charge is 0.406 e. The molecule has 0 saturated carbocycles. The molecule has 0 spiro atoms. The van der Waals surface area contributed by atoms with Gasteiger partial charge in [-0.3, -0.25) is 9.59 Å². The van der Waals surface area contributed by atoms with Gasteiger partial charge in [0.25, 0.3) is 0 Å². The SMILES string of the molecule is CCOC(=O)CN(CC(F)(F)F)C(=O)/C=C/c1cccc2ccccc12. The third kappa shape index (κ3) is 5.61. The third-order valence-corrected chi connectivity index (χ3v) is 3.54. The van der Waals surface area contributed by atoms with Gasteiger partial charge in [-0.25, -0.2) is 0 Å². The molecule has 2 aromatic carbocycles. The van der Waals surface area contributed by atoms with Crippen molar-refractivity contribution in [1.82, 2.24) is 4.90 Å². The normalized spacial score (nSPS) is 11.7. The standard InChI is InChI=1S/C19H18F3NO3/c1-2-26-18(25)12-23(13-19(20,21)22)17(24)11-10-15-8-5-7-14-6-3-4-9-16(14)15/h3-11H,2,12-13H2,1H3/b11-10+. The van der Waals surface area contributed by atoms with Gasteiger partial charge in [0.2, 0.25) is 5.91 Å². The van der Waals surface area contributed by atoms with Crippen LogP contribution in [0, 0.1) is 0 Å². The van der Waals surface area contributed by atoms with Crippen LogP contribution in [0.3, 0.4) is 0 Å². The minimum Gasteiger partial charge on any atom is -0.465 e. The van der Waals surface area contributed by atoms with Crippen molar-refractivity contribution in [2.45, 2.75) is 13.1 Å². The van der Waals surface area contributed by atoms with Crippen molar-refractivity contribution in [1.29, 1.82) is 0 Å². The molecular weight excluding hydrogens is 347 g/mol. The quantitative estimate of drug-likeness (QED) is 0.578. The van der Waals surface area contributed by atoms with E-state index >= 15 is 0 Å². The average Bonchev–Trinajstić information content (AvgIpc) is 2.58. The zero-order valence-corrected chi connectivity index (χ0v) is 14.1. The molecule has 7 heteroatoms. The van der Waals surface area contributed by atoms with E-state index in [2.05, 4.69) is 4.74 Å². The summed E-state index contributed by atoms with van der Waals surface area (Å²) in [6.07, 6.45) is -2.14. The molecule has 0 saturated heterocycles. The number of rotatable bonds is 6. The molecule has 0 aliphatic heterocycles. The van der Waals surface area contributed by atoms with Gasteiger partial charge in [0.1, 0.15) is 13.1 Å². The van der Waals surface area contributed by atoms with Crippen molar-refractivity contribution in [3.05, 3.63) is 54.1 Å². The topological polar surface area (TPSA) is 46.6 Å². The maximum Gasteiger partial charge on any atom is 0.406 e. The minimum absolute atomic E-state index is 0.0265. The Morgan fingerprint density at radius 2 is 1.81 bits per heavy atom. The molecule has 26 heavy (non-hydrogen) atoms. The Labute approximate surface area is 148 Å². The number of ether oxygens (including phenoxy) is 1. The number of halogens is 3. The number of fused-ring (bicyclic) bond motifs is 1. The second-order valence-electron chi connectivity index (χ2n) is 5.52. The summed E-state index contributed by atoms with van der Waals surface area (Å²) in [4.78, 5) is 24.1. The maximum absolute atomic E-state index is 12.7. The van der Waals surface area contributed by atoms with Gasteiger partial charge in [-0.2, -0.15) is 13.2 Å². The van der Waals surface area contributed by atoms with E-state index in [4.69, 9.17) is 0 Å². The van der Waals surface area contributed by atoms with Crippen LogP contribution in [0.2, 0.25) is 0 Å². The van der Waals surface area contributed by atoms with Crippen molar-refractivity contribution in [2.24, 2.45) is 0 Å². The molecule has 1 amide bonds. The maximum atomic E-state index is 12.7. The Balaban J connectivity index is 2.21. The lowest BCUT2D eigenvalue weighted by molar-refractivity contribution is -0.164. The van der Waals surface area contributed by atoms with Gasteiger partial charge in [-0.1, -0.05) is 42.5 Å². The highest BCUT2D eigenvalue weighted by Gasteiger charge is 2.33. The predicted octanol–water partition coefficient (Wildman–Crippen LogP) is 3.81. The van der Waals surface area contributed by atoms with Gasteiger partial charge < -0.3 is 9.64 Å². The van der Waals surface area contributed by atoms with Crippen LogP contribution in [0.4, 0.5) is 13.2 Å². The first-order valence-electron chi connectivity index (χ1n) is 7.97. The summed E-state index contributed by atoms with van der Waals surface area (Å²) < 4.78 is 42.7.